The van der Waals surface area contributed by atoms with Crippen molar-refractivity contribution in [3.8, 4) is 11.3 Å². The molecular formula is C25H19F3N6O. The monoisotopic (exact) mass is 476 g/mol. The van der Waals surface area contributed by atoms with Gasteiger partial charge in [-0.05, 0) is 30.7 Å². The van der Waals surface area contributed by atoms with E-state index in [4.69, 9.17) is 0 Å². The maximum Gasteiger partial charge on any atom is 0.280 e. The largest absolute Gasteiger partial charge is 0.319 e. The molecule has 2 aromatic carbocycles. The number of aryl methyl sites for hydroxylation is 1. The van der Waals surface area contributed by atoms with E-state index in [9.17, 15) is 18.0 Å². The Morgan fingerprint density at radius 3 is 2.49 bits per heavy atom. The highest BCUT2D eigenvalue weighted by Crippen LogP contribution is 2.27. The van der Waals surface area contributed by atoms with E-state index in [2.05, 4.69) is 20.5 Å². The highest BCUT2D eigenvalue weighted by molar-refractivity contribution is 6.08. The fraction of sp³-hybridized carbons (Fsp3) is 0.120. The molecule has 3 aromatic heterocycles. The molecule has 35 heavy (non-hydrogen) atoms. The lowest BCUT2D eigenvalue weighted by atomic mass is 10.1. The molecule has 5 aromatic rings. The average Bonchev–Trinajstić information content (AvgIpc) is 3.47. The zero-order chi connectivity index (χ0) is 24.5. The molecule has 10 heteroatoms. The van der Waals surface area contributed by atoms with Crippen molar-refractivity contribution in [2.24, 2.45) is 0 Å². The fourth-order valence-electron chi connectivity index (χ4n) is 3.66. The van der Waals surface area contributed by atoms with Crippen molar-refractivity contribution < 1.29 is 18.0 Å². The van der Waals surface area contributed by atoms with Gasteiger partial charge in [0.25, 0.3) is 12.3 Å². The van der Waals surface area contributed by atoms with Crippen LogP contribution in [-0.4, -0.2) is 30.3 Å². The number of nitrogens with one attached hydrogen (secondary N) is 1. The third-order valence-corrected chi connectivity index (χ3v) is 5.46. The highest BCUT2D eigenvalue weighted by atomic mass is 19.3. The van der Waals surface area contributed by atoms with Crippen molar-refractivity contribution in [2.45, 2.75) is 19.9 Å². The number of aromatic nitrogens is 5. The lowest BCUT2D eigenvalue weighted by Gasteiger charge is -2.09. The van der Waals surface area contributed by atoms with E-state index in [-0.39, 0.29) is 22.7 Å². The first kappa shape index (κ1) is 22.3. The smallest absolute Gasteiger partial charge is 0.280 e. The fourth-order valence-corrected chi connectivity index (χ4v) is 3.66. The zero-order valence-corrected chi connectivity index (χ0v) is 18.5. The summed E-state index contributed by atoms with van der Waals surface area (Å²) in [5.41, 5.74) is 2.93. The maximum atomic E-state index is 13.8. The van der Waals surface area contributed by atoms with Crippen LogP contribution >= 0.6 is 0 Å². The number of benzene rings is 2. The number of carbonyl (C=O) groups excluding carboxylic acids is 1. The predicted octanol–water partition coefficient (Wildman–Crippen LogP) is 5.28. The summed E-state index contributed by atoms with van der Waals surface area (Å²) >= 11 is 0. The summed E-state index contributed by atoms with van der Waals surface area (Å²) in [5, 5.41) is 10.9. The molecule has 0 saturated heterocycles. The van der Waals surface area contributed by atoms with Gasteiger partial charge < -0.3 is 5.32 Å². The van der Waals surface area contributed by atoms with Crippen molar-refractivity contribution in [2.75, 3.05) is 5.32 Å². The molecule has 0 aliphatic carbocycles. The van der Waals surface area contributed by atoms with Crippen molar-refractivity contribution in [3.05, 3.63) is 101 Å². The van der Waals surface area contributed by atoms with Gasteiger partial charge in [-0.15, -0.1) is 0 Å². The molecule has 0 atom stereocenters. The Morgan fingerprint density at radius 1 is 1.03 bits per heavy atom. The van der Waals surface area contributed by atoms with Gasteiger partial charge in [0.15, 0.2) is 5.65 Å². The molecule has 0 spiro atoms. The summed E-state index contributed by atoms with van der Waals surface area (Å²) in [5.74, 6) is -0.889. The molecule has 5 rings (SSSR count). The van der Waals surface area contributed by atoms with Gasteiger partial charge in [-0.2, -0.15) is 10.2 Å². The minimum atomic E-state index is -2.81. The van der Waals surface area contributed by atoms with Crippen molar-refractivity contribution >= 4 is 17.2 Å². The van der Waals surface area contributed by atoms with Gasteiger partial charge >= 0.3 is 0 Å². The lowest BCUT2D eigenvalue weighted by Crippen LogP contribution is -2.12. The number of anilines is 1. The summed E-state index contributed by atoms with van der Waals surface area (Å²) in [7, 11) is 0. The summed E-state index contributed by atoms with van der Waals surface area (Å²) in [6.07, 6.45) is 1.47. The van der Waals surface area contributed by atoms with Gasteiger partial charge in [0.1, 0.15) is 17.1 Å². The number of hydrogen-bond donors (Lipinski definition) is 1. The van der Waals surface area contributed by atoms with E-state index in [1.54, 1.807) is 35.1 Å². The van der Waals surface area contributed by atoms with Crippen LogP contribution < -0.4 is 5.32 Å². The number of nitrogens with zero attached hydrogens (tertiary/aromatic N) is 5. The molecule has 3 heterocycles. The number of alkyl halides is 2. The molecule has 7 nitrogen and oxygen atoms in total. The van der Waals surface area contributed by atoms with Crippen LogP contribution in [0.3, 0.4) is 0 Å². The Morgan fingerprint density at radius 2 is 1.77 bits per heavy atom. The molecule has 0 fully saturated rings. The van der Waals surface area contributed by atoms with Crippen LogP contribution in [0.25, 0.3) is 16.9 Å². The molecule has 0 radical (unpaired) electrons. The van der Waals surface area contributed by atoms with Crippen LogP contribution in [0.5, 0.6) is 0 Å². The minimum Gasteiger partial charge on any atom is -0.319 e. The molecule has 1 amide bonds. The van der Waals surface area contributed by atoms with Crippen LogP contribution in [0.1, 0.15) is 33.6 Å². The topological polar surface area (TPSA) is 77.1 Å². The standard InChI is InChI=1S/C25H19F3N6O/c1-15-2-6-17(7-3-15)21-10-22(23(27)28)34-24(32-21)20(12-30-34)25(35)31-19-11-29-33(14-19)13-16-4-8-18(26)9-5-16/h2-12,14,23H,13H2,1H3,(H,31,35). The van der Waals surface area contributed by atoms with Crippen LogP contribution in [-0.2, 0) is 6.54 Å². The number of hydrogen-bond acceptors (Lipinski definition) is 4. The number of halogens is 3. The van der Waals surface area contributed by atoms with Gasteiger partial charge in [-0.1, -0.05) is 42.0 Å². The summed E-state index contributed by atoms with van der Waals surface area (Å²) in [6.45, 7) is 2.30. The van der Waals surface area contributed by atoms with Crippen molar-refractivity contribution in [1.82, 2.24) is 24.4 Å². The van der Waals surface area contributed by atoms with Gasteiger partial charge in [0.05, 0.1) is 30.3 Å². The third kappa shape index (κ3) is 4.63. The SMILES string of the molecule is Cc1ccc(-c2cc(C(F)F)n3ncc(C(=O)Nc4cnn(Cc5ccc(F)cc5)c4)c3n2)cc1. The number of fused-ring (bicyclic) bond motifs is 1. The molecule has 176 valence electrons. The number of rotatable bonds is 6. The van der Waals surface area contributed by atoms with Crippen molar-refractivity contribution in [1.29, 1.82) is 0 Å². The quantitative estimate of drug-likeness (QED) is 0.362. The van der Waals surface area contributed by atoms with Gasteiger partial charge in [-0.3, -0.25) is 9.48 Å². The molecule has 0 aliphatic heterocycles. The molecular weight excluding hydrogens is 457 g/mol. The summed E-state index contributed by atoms with van der Waals surface area (Å²) in [6, 6.07) is 14.6. The zero-order valence-electron chi connectivity index (χ0n) is 18.5. The molecule has 0 aliphatic rings. The van der Waals surface area contributed by atoms with E-state index in [0.717, 1.165) is 15.6 Å². The number of amides is 1. The van der Waals surface area contributed by atoms with E-state index >= 15 is 0 Å². The summed E-state index contributed by atoms with van der Waals surface area (Å²) in [4.78, 5) is 17.5. The molecule has 0 bridgehead atoms. The highest BCUT2D eigenvalue weighted by Gasteiger charge is 2.22. The van der Waals surface area contributed by atoms with Crippen molar-refractivity contribution in [3.63, 3.8) is 0 Å². The van der Waals surface area contributed by atoms with E-state index < -0.39 is 12.3 Å². The Kier molecular flexibility index (Phi) is 5.77. The van der Waals surface area contributed by atoms with Gasteiger partial charge in [0, 0.05) is 11.8 Å². The average molecular weight is 476 g/mol. The first-order chi connectivity index (χ1) is 16.9. The Bertz CT molecular complexity index is 1510. The lowest BCUT2D eigenvalue weighted by molar-refractivity contribution is 0.102. The van der Waals surface area contributed by atoms with E-state index in [0.29, 0.717) is 23.5 Å². The van der Waals surface area contributed by atoms with E-state index in [1.165, 1.54) is 30.6 Å². The second kappa shape index (κ2) is 9.05. The van der Waals surface area contributed by atoms with Gasteiger partial charge in [0.2, 0.25) is 0 Å². The molecule has 0 unspecified atom stereocenters. The van der Waals surface area contributed by atoms with Crippen LogP contribution in [0.4, 0.5) is 18.9 Å². The second-order valence-electron chi connectivity index (χ2n) is 8.03. The predicted molar refractivity (Wildman–Crippen MR) is 124 cm³/mol. The Balaban J connectivity index is 1.43. The number of carbonyl (C=O) groups is 1. The molecule has 1 N–H and O–H groups in total. The first-order valence-electron chi connectivity index (χ1n) is 10.7. The Labute approximate surface area is 197 Å². The van der Waals surface area contributed by atoms with E-state index in [1.807, 2.05) is 19.1 Å². The van der Waals surface area contributed by atoms with Crippen LogP contribution in [0.2, 0.25) is 0 Å². The minimum absolute atomic E-state index is 0.0228. The second-order valence-corrected chi connectivity index (χ2v) is 8.03. The Hall–Kier alpha value is -4.47. The molecule has 0 saturated carbocycles. The maximum absolute atomic E-state index is 13.8. The normalized spacial score (nSPS) is 11.3. The van der Waals surface area contributed by atoms with Crippen LogP contribution in [0, 0.1) is 12.7 Å². The van der Waals surface area contributed by atoms with Crippen LogP contribution in [0.15, 0.2) is 73.2 Å². The van der Waals surface area contributed by atoms with Gasteiger partial charge in [-0.25, -0.2) is 22.7 Å². The summed E-state index contributed by atoms with van der Waals surface area (Å²) < 4.78 is 43.3. The first-order valence-corrected chi connectivity index (χ1v) is 10.7. The third-order valence-electron chi connectivity index (χ3n) is 5.46.